The molecule has 6 heteroatoms. The van der Waals surface area contributed by atoms with Crippen molar-refractivity contribution in [2.24, 2.45) is 0 Å². The zero-order chi connectivity index (χ0) is 15.1. The van der Waals surface area contributed by atoms with Crippen molar-refractivity contribution in [3.05, 3.63) is 35.5 Å². The molecule has 2 rings (SSSR count). The minimum atomic E-state index is -0.00220. The van der Waals surface area contributed by atoms with Gasteiger partial charge in [-0.1, -0.05) is 13.0 Å². The molecule has 2 aromatic rings. The summed E-state index contributed by atoms with van der Waals surface area (Å²) in [6.45, 7) is 5.62. The van der Waals surface area contributed by atoms with Crippen molar-refractivity contribution in [1.82, 2.24) is 20.6 Å². The van der Waals surface area contributed by atoms with Gasteiger partial charge in [0.1, 0.15) is 5.01 Å². The highest BCUT2D eigenvalue weighted by Gasteiger charge is 2.10. The number of nitrogens with zero attached hydrogens (tertiary/aromatic N) is 2. The molecule has 0 spiro atoms. The minimum absolute atomic E-state index is 0.00220. The van der Waals surface area contributed by atoms with E-state index in [1.165, 1.54) is 11.3 Å². The van der Waals surface area contributed by atoms with Gasteiger partial charge in [0, 0.05) is 24.2 Å². The molecule has 0 aromatic carbocycles. The molecule has 0 bridgehead atoms. The van der Waals surface area contributed by atoms with Crippen LogP contribution in [0.25, 0.3) is 10.7 Å². The van der Waals surface area contributed by atoms with E-state index in [0.29, 0.717) is 13.0 Å². The van der Waals surface area contributed by atoms with Crippen molar-refractivity contribution < 1.29 is 4.79 Å². The minimum Gasteiger partial charge on any atom is -0.354 e. The Bertz CT molecular complexity index is 570. The molecule has 112 valence electrons. The molecule has 21 heavy (non-hydrogen) atoms. The average molecular weight is 304 g/mol. The van der Waals surface area contributed by atoms with Crippen LogP contribution in [-0.2, 0) is 11.2 Å². The number of carbonyl (C=O) groups is 1. The van der Waals surface area contributed by atoms with Crippen LogP contribution in [-0.4, -0.2) is 35.0 Å². The summed E-state index contributed by atoms with van der Waals surface area (Å²) in [5.74, 6) is -0.00220. The van der Waals surface area contributed by atoms with Crippen LogP contribution in [0.3, 0.4) is 0 Å². The molecule has 2 aromatic heterocycles. The van der Waals surface area contributed by atoms with Gasteiger partial charge < -0.3 is 10.6 Å². The summed E-state index contributed by atoms with van der Waals surface area (Å²) in [6.07, 6.45) is 2.05. The lowest BCUT2D eigenvalue weighted by Crippen LogP contribution is -2.39. The molecule has 0 saturated carbocycles. The van der Waals surface area contributed by atoms with E-state index in [1.54, 1.807) is 6.20 Å². The van der Waals surface area contributed by atoms with Crippen LogP contribution in [0.2, 0.25) is 0 Å². The first kappa shape index (κ1) is 15.6. The normalized spacial score (nSPS) is 12.1. The third kappa shape index (κ3) is 4.91. The number of thiazole rings is 1. The lowest BCUT2D eigenvalue weighted by Gasteiger charge is -2.12. The Morgan fingerprint density at radius 3 is 3.00 bits per heavy atom. The quantitative estimate of drug-likeness (QED) is 0.819. The van der Waals surface area contributed by atoms with Gasteiger partial charge in [-0.2, -0.15) is 0 Å². The number of carbonyl (C=O) groups excluding carboxylic acids is 1. The topological polar surface area (TPSA) is 66.9 Å². The Kier molecular flexibility index (Phi) is 5.83. The molecule has 0 aliphatic carbocycles. The molecule has 1 atom stereocenters. The third-order valence-corrected chi connectivity index (χ3v) is 3.85. The predicted octanol–water partition coefficient (Wildman–Crippen LogP) is 1.86. The summed E-state index contributed by atoms with van der Waals surface area (Å²) in [7, 11) is 0. The first-order valence-corrected chi connectivity index (χ1v) is 7.93. The van der Waals surface area contributed by atoms with Gasteiger partial charge in [-0.15, -0.1) is 11.3 Å². The summed E-state index contributed by atoms with van der Waals surface area (Å²) < 4.78 is 0. The molecule has 2 N–H and O–H groups in total. The van der Waals surface area contributed by atoms with E-state index in [9.17, 15) is 4.79 Å². The van der Waals surface area contributed by atoms with Gasteiger partial charge in [0.25, 0.3) is 0 Å². The third-order valence-electron chi connectivity index (χ3n) is 2.94. The van der Waals surface area contributed by atoms with Crippen molar-refractivity contribution in [3.63, 3.8) is 0 Å². The van der Waals surface area contributed by atoms with Crippen LogP contribution in [0.5, 0.6) is 0 Å². The SMILES string of the molecule is CCN[C@H](C)CNC(=O)Cc1csc(-c2ccccn2)n1. The van der Waals surface area contributed by atoms with Crippen LogP contribution in [0.1, 0.15) is 19.5 Å². The maximum atomic E-state index is 11.9. The van der Waals surface area contributed by atoms with Gasteiger partial charge in [0.2, 0.25) is 5.91 Å². The Hall–Kier alpha value is -1.79. The second-order valence-corrected chi connectivity index (χ2v) is 5.66. The van der Waals surface area contributed by atoms with E-state index in [-0.39, 0.29) is 11.9 Å². The van der Waals surface area contributed by atoms with E-state index in [0.717, 1.165) is 22.9 Å². The van der Waals surface area contributed by atoms with E-state index >= 15 is 0 Å². The van der Waals surface area contributed by atoms with E-state index < -0.39 is 0 Å². The van der Waals surface area contributed by atoms with Crippen molar-refractivity contribution >= 4 is 17.2 Å². The van der Waals surface area contributed by atoms with Crippen LogP contribution in [0.4, 0.5) is 0 Å². The smallest absolute Gasteiger partial charge is 0.226 e. The summed E-state index contributed by atoms with van der Waals surface area (Å²) in [5, 5.41) is 8.93. The predicted molar refractivity (Wildman–Crippen MR) is 85.2 cm³/mol. The average Bonchev–Trinajstić information content (AvgIpc) is 2.95. The Morgan fingerprint density at radius 2 is 2.29 bits per heavy atom. The first-order valence-electron chi connectivity index (χ1n) is 7.05. The van der Waals surface area contributed by atoms with Crippen molar-refractivity contribution in [1.29, 1.82) is 0 Å². The lowest BCUT2D eigenvalue weighted by atomic mass is 10.3. The Balaban J connectivity index is 1.86. The summed E-state index contributed by atoms with van der Waals surface area (Å²) >= 11 is 1.51. The second kappa shape index (κ2) is 7.85. The zero-order valence-corrected chi connectivity index (χ0v) is 13.1. The number of pyridine rings is 1. The fourth-order valence-electron chi connectivity index (χ4n) is 1.91. The molecule has 0 saturated heterocycles. The van der Waals surface area contributed by atoms with Gasteiger partial charge in [-0.25, -0.2) is 4.98 Å². The van der Waals surface area contributed by atoms with E-state index in [2.05, 4.69) is 20.6 Å². The monoisotopic (exact) mass is 304 g/mol. The number of hydrogen-bond acceptors (Lipinski definition) is 5. The molecular weight excluding hydrogens is 284 g/mol. The number of aromatic nitrogens is 2. The highest BCUT2D eigenvalue weighted by Crippen LogP contribution is 2.21. The second-order valence-electron chi connectivity index (χ2n) is 4.80. The number of nitrogens with one attached hydrogen (secondary N) is 2. The van der Waals surface area contributed by atoms with Crippen LogP contribution < -0.4 is 10.6 Å². The summed E-state index contributed by atoms with van der Waals surface area (Å²) in [5.41, 5.74) is 1.63. The summed E-state index contributed by atoms with van der Waals surface area (Å²) in [4.78, 5) is 20.6. The van der Waals surface area contributed by atoms with Gasteiger partial charge in [-0.3, -0.25) is 9.78 Å². The standard InChI is InChI=1S/C15H20N4OS/c1-3-16-11(2)9-18-14(20)8-12-10-21-15(19-12)13-6-4-5-7-17-13/h4-7,10-11,16H,3,8-9H2,1-2H3,(H,18,20)/t11-/m1/s1. The largest absolute Gasteiger partial charge is 0.354 e. The molecule has 0 radical (unpaired) electrons. The first-order chi connectivity index (χ1) is 10.2. The molecule has 2 heterocycles. The number of likely N-dealkylation sites (N-methyl/N-ethyl adjacent to an activating group) is 1. The van der Waals surface area contributed by atoms with Crippen LogP contribution >= 0.6 is 11.3 Å². The van der Waals surface area contributed by atoms with Crippen LogP contribution in [0, 0.1) is 0 Å². The fraction of sp³-hybridized carbons (Fsp3) is 0.400. The Labute approximate surface area is 128 Å². The maximum absolute atomic E-state index is 11.9. The molecule has 0 fully saturated rings. The molecule has 0 aliphatic rings. The number of amides is 1. The molecule has 5 nitrogen and oxygen atoms in total. The number of rotatable bonds is 7. The molecular formula is C15H20N4OS. The lowest BCUT2D eigenvalue weighted by molar-refractivity contribution is -0.120. The van der Waals surface area contributed by atoms with Gasteiger partial charge >= 0.3 is 0 Å². The van der Waals surface area contributed by atoms with Crippen molar-refractivity contribution in [3.8, 4) is 10.7 Å². The highest BCUT2D eigenvalue weighted by atomic mass is 32.1. The Morgan fingerprint density at radius 1 is 1.43 bits per heavy atom. The van der Waals surface area contributed by atoms with Gasteiger partial charge in [-0.05, 0) is 25.6 Å². The maximum Gasteiger partial charge on any atom is 0.226 e. The highest BCUT2D eigenvalue weighted by molar-refractivity contribution is 7.13. The summed E-state index contributed by atoms with van der Waals surface area (Å²) in [6, 6.07) is 5.99. The molecule has 0 unspecified atom stereocenters. The fourth-order valence-corrected chi connectivity index (χ4v) is 2.70. The molecule has 0 aliphatic heterocycles. The van der Waals surface area contributed by atoms with Gasteiger partial charge in [0.05, 0.1) is 17.8 Å². The zero-order valence-electron chi connectivity index (χ0n) is 12.3. The molecule has 1 amide bonds. The van der Waals surface area contributed by atoms with Gasteiger partial charge in [0.15, 0.2) is 0 Å². The van der Waals surface area contributed by atoms with E-state index in [4.69, 9.17) is 0 Å². The van der Waals surface area contributed by atoms with Crippen LogP contribution in [0.15, 0.2) is 29.8 Å². The van der Waals surface area contributed by atoms with Crippen molar-refractivity contribution in [2.75, 3.05) is 13.1 Å². The number of hydrogen-bond donors (Lipinski definition) is 2. The van der Waals surface area contributed by atoms with Crippen molar-refractivity contribution in [2.45, 2.75) is 26.3 Å². The van der Waals surface area contributed by atoms with E-state index in [1.807, 2.05) is 37.4 Å².